The Balaban J connectivity index is 2.45. The summed E-state index contributed by atoms with van der Waals surface area (Å²) >= 11 is 6.18. The van der Waals surface area contributed by atoms with Crippen LogP contribution in [0, 0.1) is 0 Å². The van der Waals surface area contributed by atoms with Crippen LogP contribution in [0.1, 0.15) is 19.0 Å². The summed E-state index contributed by atoms with van der Waals surface area (Å²) < 4.78 is 13.1. The van der Waals surface area contributed by atoms with Gasteiger partial charge >= 0.3 is 0 Å². The number of nitrogens with zero attached hydrogens (tertiary/aromatic N) is 2. The number of methoxy groups -OCH3 is 1. The van der Waals surface area contributed by atoms with E-state index in [0.717, 1.165) is 18.7 Å². The van der Waals surface area contributed by atoms with Gasteiger partial charge in [-0.3, -0.25) is 4.57 Å². The minimum atomic E-state index is 0.643. The highest BCUT2D eigenvalue weighted by Gasteiger charge is 2.26. The van der Waals surface area contributed by atoms with Gasteiger partial charge in [-0.15, -0.1) is 0 Å². The van der Waals surface area contributed by atoms with Crippen molar-refractivity contribution in [1.82, 2.24) is 9.47 Å². The highest BCUT2D eigenvalue weighted by Crippen LogP contribution is 2.30. The Kier molecular flexibility index (Phi) is 3.52. The summed E-state index contributed by atoms with van der Waals surface area (Å²) in [5.74, 6) is 1.39. The predicted octanol–water partition coefficient (Wildman–Crippen LogP) is 2.74. The Hall–Kier alpha value is -1.29. The van der Waals surface area contributed by atoms with Crippen molar-refractivity contribution in [3.8, 4) is 0 Å². The second-order valence-electron chi connectivity index (χ2n) is 4.00. The lowest BCUT2D eigenvalue weighted by molar-refractivity contribution is 0.131. The van der Waals surface area contributed by atoms with E-state index in [-0.39, 0.29) is 0 Å². The fourth-order valence-electron chi connectivity index (χ4n) is 1.94. The summed E-state index contributed by atoms with van der Waals surface area (Å²) in [6, 6.07) is 3.87. The van der Waals surface area contributed by atoms with E-state index in [2.05, 4.69) is 6.92 Å². The van der Waals surface area contributed by atoms with Crippen LogP contribution in [0.25, 0.3) is 5.88 Å². The van der Waals surface area contributed by atoms with Crippen LogP contribution in [0.3, 0.4) is 0 Å². The van der Waals surface area contributed by atoms with E-state index in [0.29, 0.717) is 23.5 Å². The second kappa shape index (κ2) is 4.92. The zero-order valence-corrected chi connectivity index (χ0v) is 11.1. The van der Waals surface area contributed by atoms with Gasteiger partial charge in [0.05, 0.1) is 20.3 Å². The molecule has 0 saturated carbocycles. The smallest absolute Gasteiger partial charge is 0.261 e. The molecular formula is C12H17ClN2O2. The second-order valence-corrected chi connectivity index (χ2v) is 4.39. The van der Waals surface area contributed by atoms with Gasteiger partial charge in [-0.25, -0.2) is 0 Å². The van der Waals surface area contributed by atoms with Crippen molar-refractivity contribution in [2.45, 2.75) is 19.9 Å². The lowest BCUT2D eigenvalue weighted by atomic mass is 10.3. The fourth-order valence-corrected chi connectivity index (χ4v) is 2.19. The molecule has 0 amide bonds. The first-order chi connectivity index (χ1) is 8.19. The molecule has 0 spiro atoms. The molecule has 0 bridgehead atoms. The maximum Gasteiger partial charge on any atom is 0.261 e. The summed E-state index contributed by atoms with van der Waals surface area (Å²) in [4.78, 5) is 2.01. The van der Waals surface area contributed by atoms with Crippen LogP contribution in [0.4, 0.5) is 0 Å². The zero-order valence-electron chi connectivity index (χ0n) is 10.4. The van der Waals surface area contributed by atoms with Crippen LogP contribution in [-0.4, -0.2) is 30.2 Å². The van der Waals surface area contributed by atoms with E-state index >= 15 is 0 Å². The van der Waals surface area contributed by atoms with Crippen LogP contribution < -0.4 is 0 Å². The largest absolute Gasteiger partial charge is 0.479 e. The van der Waals surface area contributed by atoms with E-state index < -0.39 is 0 Å². The molecular weight excluding hydrogens is 240 g/mol. The summed E-state index contributed by atoms with van der Waals surface area (Å²) in [6.45, 7) is 3.47. The molecule has 0 N–H and O–H groups in total. The SMILES string of the molecule is CCCOC1=C(OC)N(C)Cc2ccc(Cl)n21. The van der Waals surface area contributed by atoms with Crippen LogP contribution in [0.15, 0.2) is 18.0 Å². The molecule has 5 heteroatoms. The van der Waals surface area contributed by atoms with E-state index in [9.17, 15) is 0 Å². The lowest BCUT2D eigenvalue weighted by Crippen LogP contribution is -2.28. The van der Waals surface area contributed by atoms with Crippen molar-refractivity contribution in [1.29, 1.82) is 0 Å². The van der Waals surface area contributed by atoms with Crippen molar-refractivity contribution in [2.75, 3.05) is 20.8 Å². The molecule has 2 heterocycles. The third-order valence-electron chi connectivity index (χ3n) is 2.68. The summed E-state index contributed by atoms with van der Waals surface area (Å²) in [6.07, 6.45) is 0.943. The molecule has 0 atom stereocenters. The average molecular weight is 257 g/mol. The monoisotopic (exact) mass is 256 g/mol. The Labute approximate surface area is 106 Å². The van der Waals surface area contributed by atoms with E-state index in [1.54, 1.807) is 7.11 Å². The zero-order chi connectivity index (χ0) is 12.4. The van der Waals surface area contributed by atoms with Gasteiger partial charge in [0.1, 0.15) is 5.15 Å². The van der Waals surface area contributed by atoms with Gasteiger partial charge < -0.3 is 14.4 Å². The van der Waals surface area contributed by atoms with Gasteiger partial charge in [0.2, 0.25) is 0 Å². The molecule has 1 aromatic heterocycles. The third kappa shape index (κ3) is 2.09. The first-order valence-electron chi connectivity index (χ1n) is 5.67. The van der Waals surface area contributed by atoms with Crippen LogP contribution in [0.2, 0.25) is 5.15 Å². The first kappa shape index (κ1) is 12.2. The highest BCUT2D eigenvalue weighted by atomic mass is 35.5. The van der Waals surface area contributed by atoms with Gasteiger partial charge in [0, 0.05) is 12.7 Å². The molecule has 0 saturated heterocycles. The van der Waals surface area contributed by atoms with Crippen molar-refractivity contribution < 1.29 is 9.47 Å². The normalized spacial score (nSPS) is 14.9. The molecule has 0 unspecified atom stereocenters. The van der Waals surface area contributed by atoms with E-state index in [4.69, 9.17) is 21.1 Å². The number of hydrogen-bond donors (Lipinski definition) is 0. The number of ether oxygens (including phenoxy) is 2. The van der Waals surface area contributed by atoms with Crippen LogP contribution in [-0.2, 0) is 16.0 Å². The van der Waals surface area contributed by atoms with Crippen LogP contribution >= 0.6 is 11.6 Å². The number of aromatic nitrogens is 1. The maximum atomic E-state index is 6.18. The van der Waals surface area contributed by atoms with Crippen molar-refractivity contribution in [3.63, 3.8) is 0 Å². The van der Waals surface area contributed by atoms with Crippen molar-refractivity contribution >= 4 is 17.5 Å². The maximum absolute atomic E-state index is 6.18. The van der Waals surface area contributed by atoms with E-state index in [1.165, 1.54) is 0 Å². The van der Waals surface area contributed by atoms with Crippen molar-refractivity contribution in [2.24, 2.45) is 0 Å². The first-order valence-corrected chi connectivity index (χ1v) is 6.05. The van der Waals surface area contributed by atoms with Gasteiger partial charge in [0.25, 0.3) is 11.8 Å². The van der Waals surface area contributed by atoms with E-state index in [1.807, 2.05) is 28.6 Å². The Morgan fingerprint density at radius 3 is 2.76 bits per heavy atom. The molecule has 1 aromatic rings. The minimum Gasteiger partial charge on any atom is -0.479 e. The number of halogens is 1. The van der Waals surface area contributed by atoms with Gasteiger partial charge in [-0.2, -0.15) is 0 Å². The molecule has 0 aromatic carbocycles. The number of rotatable bonds is 4. The fraction of sp³-hybridized carbons (Fsp3) is 0.500. The molecule has 1 aliphatic heterocycles. The molecule has 94 valence electrons. The van der Waals surface area contributed by atoms with Gasteiger partial charge in [-0.1, -0.05) is 18.5 Å². The molecule has 0 fully saturated rings. The van der Waals surface area contributed by atoms with Crippen molar-refractivity contribution in [3.05, 3.63) is 28.9 Å². The lowest BCUT2D eigenvalue weighted by Gasteiger charge is -2.30. The molecule has 0 aliphatic carbocycles. The predicted molar refractivity (Wildman–Crippen MR) is 67.4 cm³/mol. The summed E-state index contributed by atoms with van der Waals surface area (Å²) in [5, 5.41) is 0.647. The minimum absolute atomic E-state index is 0.643. The van der Waals surface area contributed by atoms with Crippen LogP contribution in [0.5, 0.6) is 0 Å². The van der Waals surface area contributed by atoms with Gasteiger partial charge in [0.15, 0.2) is 0 Å². The summed E-state index contributed by atoms with van der Waals surface area (Å²) in [7, 11) is 3.61. The highest BCUT2D eigenvalue weighted by molar-refractivity contribution is 6.30. The quantitative estimate of drug-likeness (QED) is 0.829. The Morgan fingerprint density at radius 2 is 2.12 bits per heavy atom. The summed E-state index contributed by atoms with van der Waals surface area (Å²) in [5.41, 5.74) is 1.10. The molecule has 17 heavy (non-hydrogen) atoms. The van der Waals surface area contributed by atoms with Gasteiger partial charge in [-0.05, 0) is 18.6 Å². The Bertz CT molecular complexity index is 440. The number of hydrogen-bond acceptors (Lipinski definition) is 3. The standard InChI is InChI=1S/C12H17ClN2O2/c1-4-7-17-12-11(16-3)14(2)8-9-5-6-10(13)15(9)12/h5-6H,4,7-8H2,1-3H3. The number of fused-ring (bicyclic) bond motifs is 1. The topological polar surface area (TPSA) is 26.6 Å². The average Bonchev–Trinajstić information content (AvgIpc) is 2.67. The molecule has 4 nitrogen and oxygen atoms in total. The Morgan fingerprint density at radius 1 is 1.35 bits per heavy atom. The molecule has 2 rings (SSSR count). The molecule has 1 aliphatic rings. The third-order valence-corrected chi connectivity index (χ3v) is 2.98. The molecule has 0 radical (unpaired) electrons.